The van der Waals surface area contributed by atoms with E-state index in [1.165, 1.54) is 16.3 Å². The van der Waals surface area contributed by atoms with E-state index in [-0.39, 0.29) is 37.7 Å². The number of anilines is 1. The molecule has 2 aromatic carbocycles. The van der Waals surface area contributed by atoms with Gasteiger partial charge >= 0.3 is 0 Å². The topological polar surface area (TPSA) is 105 Å². The van der Waals surface area contributed by atoms with Crippen molar-refractivity contribution < 1.29 is 27.5 Å². The van der Waals surface area contributed by atoms with Crippen molar-refractivity contribution in [2.45, 2.75) is 58.7 Å². The number of amides is 2. The maximum Gasteiger partial charge on any atom is 0.242 e. The van der Waals surface area contributed by atoms with Crippen LogP contribution >= 0.6 is 0 Å². The number of hydrogen-bond donors (Lipinski definition) is 1. The highest BCUT2D eigenvalue weighted by Gasteiger charge is 2.28. The van der Waals surface area contributed by atoms with Crippen molar-refractivity contribution in [1.29, 1.82) is 0 Å². The van der Waals surface area contributed by atoms with Gasteiger partial charge in [0.2, 0.25) is 21.8 Å². The Hall–Kier alpha value is -3.27. The van der Waals surface area contributed by atoms with Crippen LogP contribution in [0.25, 0.3) is 0 Å². The molecule has 0 bridgehead atoms. The third kappa shape index (κ3) is 9.27. The van der Waals surface area contributed by atoms with E-state index in [4.69, 9.17) is 9.47 Å². The van der Waals surface area contributed by atoms with Gasteiger partial charge < -0.3 is 19.7 Å². The lowest BCUT2D eigenvalue weighted by atomic mass is 10.1. The largest absolute Gasteiger partial charge is 0.497 e. The summed E-state index contributed by atoms with van der Waals surface area (Å²) in [5.41, 5.74) is 0.855. The van der Waals surface area contributed by atoms with Crippen LogP contribution in [-0.2, 0) is 26.2 Å². The minimum Gasteiger partial charge on any atom is -0.497 e. The molecule has 0 unspecified atom stereocenters. The van der Waals surface area contributed by atoms with Crippen molar-refractivity contribution in [3.05, 3.63) is 54.1 Å². The molecule has 0 saturated heterocycles. The molecule has 0 spiro atoms. The summed E-state index contributed by atoms with van der Waals surface area (Å²) in [7, 11) is -0.500. The van der Waals surface area contributed by atoms with Gasteiger partial charge in [-0.15, -0.1) is 0 Å². The van der Waals surface area contributed by atoms with E-state index < -0.39 is 21.6 Å². The van der Waals surface area contributed by atoms with Crippen LogP contribution in [0.15, 0.2) is 48.5 Å². The van der Waals surface area contributed by atoms with Gasteiger partial charge in [0.25, 0.3) is 0 Å². The van der Waals surface area contributed by atoms with E-state index in [2.05, 4.69) is 5.32 Å². The highest BCUT2D eigenvalue weighted by molar-refractivity contribution is 7.92. The van der Waals surface area contributed by atoms with Crippen LogP contribution in [0.4, 0.5) is 5.69 Å². The SMILES string of the molecule is COc1ccc(CN(C(=O)CCCN(c2cccc(OC)c2)S(C)(=O)=O)[C@@H](C)C(=O)NC(C)(C)C)cc1. The number of carbonyl (C=O) groups is 2. The lowest BCUT2D eigenvalue weighted by Gasteiger charge is -2.32. The molecule has 2 aromatic rings. The second-order valence-corrected chi connectivity index (χ2v) is 11.8. The zero-order chi connectivity index (χ0) is 27.8. The van der Waals surface area contributed by atoms with E-state index in [1.54, 1.807) is 50.4 Å². The normalized spacial score (nSPS) is 12.4. The monoisotopic (exact) mass is 533 g/mol. The minimum absolute atomic E-state index is 0.0687. The van der Waals surface area contributed by atoms with Crippen LogP contribution in [-0.4, -0.2) is 63.7 Å². The molecule has 0 aliphatic heterocycles. The fourth-order valence-electron chi connectivity index (χ4n) is 3.75. The summed E-state index contributed by atoms with van der Waals surface area (Å²) in [6.45, 7) is 7.67. The Morgan fingerprint density at radius 1 is 1.00 bits per heavy atom. The van der Waals surface area contributed by atoms with Crippen molar-refractivity contribution in [2.24, 2.45) is 0 Å². The highest BCUT2D eigenvalue weighted by Crippen LogP contribution is 2.24. The van der Waals surface area contributed by atoms with Gasteiger partial charge in [-0.3, -0.25) is 13.9 Å². The Balaban J connectivity index is 2.20. The fourth-order valence-corrected chi connectivity index (χ4v) is 4.71. The van der Waals surface area contributed by atoms with E-state index in [1.807, 2.05) is 32.9 Å². The first-order valence-corrected chi connectivity index (χ1v) is 14.0. The molecule has 1 N–H and O–H groups in total. The molecule has 2 rings (SSSR count). The summed E-state index contributed by atoms with van der Waals surface area (Å²) in [5, 5.41) is 2.93. The average molecular weight is 534 g/mol. The summed E-state index contributed by atoms with van der Waals surface area (Å²) in [6, 6.07) is 13.3. The molecular formula is C27H39N3O6S. The number of ether oxygens (including phenoxy) is 2. The zero-order valence-corrected chi connectivity index (χ0v) is 23.6. The Labute approximate surface area is 220 Å². The quantitative estimate of drug-likeness (QED) is 0.447. The third-order valence-electron chi connectivity index (χ3n) is 5.67. The van der Waals surface area contributed by atoms with Crippen LogP contribution in [0.1, 0.15) is 46.1 Å². The Bertz CT molecular complexity index is 1160. The van der Waals surface area contributed by atoms with E-state index in [0.29, 0.717) is 17.2 Å². The Morgan fingerprint density at radius 3 is 2.16 bits per heavy atom. The van der Waals surface area contributed by atoms with Gasteiger partial charge in [-0.05, 0) is 63.9 Å². The smallest absolute Gasteiger partial charge is 0.242 e. The van der Waals surface area contributed by atoms with Gasteiger partial charge in [0.1, 0.15) is 17.5 Å². The van der Waals surface area contributed by atoms with Gasteiger partial charge in [0, 0.05) is 31.1 Å². The molecule has 10 heteroatoms. The first-order valence-electron chi connectivity index (χ1n) is 12.1. The molecule has 0 fully saturated rings. The first kappa shape index (κ1) is 30.0. The van der Waals surface area contributed by atoms with Crippen LogP contribution < -0.4 is 19.1 Å². The van der Waals surface area contributed by atoms with Crippen molar-refractivity contribution >= 4 is 27.5 Å². The molecule has 9 nitrogen and oxygen atoms in total. The predicted octanol–water partition coefficient (Wildman–Crippen LogP) is 3.58. The first-order chi connectivity index (χ1) is 17.2. The van der Waals surface area contributed by atoms with E-state index in [9.17, 15) is 18.0 Å². The van der Waals surface area contributed by atoms with Crippen LogP contribution in [0.3, 0.4) is 0 Å². The molecule has 0 aliphatic rings. The fraction of sp³-hybridized carbons (Fsp3) is 0.481. The van der Waals surface area contributed by atoms with E-state index in [0.717, 1.165) is 11.8 Å². The number of carbonyl (C=O) groups excluding carboxylic acids is 2. The van der Waals surface area contributed by atoms with Crippen LogP contribution in [0, 0.1) is 0 Å². The lowest BCUT2D eigenvalue weighted by Crippen LogP contribution is -2.52. The number of rotatable bonds is 12. The molecule has 37 heavy (non-hydrogen) atoms. The number of benzene rings is 2. The molecule has 0 aliphatic carbocycles. The van der Waals surface area contributed by atoms with Crippen molar-refractivity contribution in [2.75, 3.05) is 31.3 Å². The standard InChI is InChI=1S/C27H39N3O6S/c1-20(26(32)28-27(2,3)4)29(19-21-13-15-23(35-5)16-14-21)25(31)12-9-17-30(37(7,33)34)22-10-8-11-24(18-22)36-6/h8,10-11,13-16,18,20H,9,12,17,19H2,1-7H3,(H,28,32)/t20-/m0/s1. The number of nitrogens with one attached hydrogen (secondary N) is 1. The molecule has 2 amide bonds. The molecule has 204 valence electrons. The summed E-state index contributed by atoms with van der Waals surface area (Å²) in [4.78, 5) is 27.8. The number of hydrogen-bond acceptors (Lipinski definition) is 6. The number of sulfonamides is 1. The summed E-state index contributed by atoms with van der Waals surface area (Å²) >= 11 is 0. The molecule has 0 saturated carbocycles. The van der Waals surface area contributed by atoms with Gasteiger partial charge in [0.15, 0.2) is 0 Å². The van der Waals surface area contributed by atoms with Crippen LogP contribution in [0.2, 0.25) is 0 Å². The van der Waals surface area contributed by atoms with Crippen molar-refractivity contribution in [3.63, 3.8) is 0 Å². The molecule has 0 radical (unpaired) electrons. The highest BCUT2D eigenvalue weighted by atomic mass is 32.2. The average Bonchev–Trinajstić information content (AvgIpc) is 2.83. The second kappa shape index (κ2) is 12.8. The van der Waals surface area contributed by atoms with Gasteiger partial charge in [-0.2, -0.15) is 0 Å². The van der Waals surface area contributed by atoms with Gasteiger partial charge in [-0.25, -0.2) is 8.42 Å². The second-order valence-electron chi connectivity index (χ2n) is 9.93. The summed E-state index contributed by atoms with van der Waals surface area (Å²) < 4.78 is 36.7. The number of methoxy groups -OCH3 is 2. The molecule has 1 atom stereocenters. The van der Waals surface area contributed by atoms with Crippen molar-refractivity contribution in [1.82, 2.24) is 10.2 Å². The molecule has 0 heterocycles. The summed E-state index contributed by atoms with van der Waals surface area (Å²) in [6.07, 6.45) is 1.47. The Kier molecular flexibility index (Phi) is 10.4. The minimum atomic E-state index is -3.59. The molecular weight excluding hydrogens is 494 g/mol. The zero-order valence-electron chi connectivity index (χ0n) is 22.8. The Morgan fingerprint density at radius 2 is 1.62 bits per heavy atom. The number of nitrogens with zero attached hydrogens (tertiary/aromatic N) is 2. The van der Waals surface area contributed by atoms with E-state index >= 15 is 0 Å². The summed E-state index contributed by atoms with van der Waals surface area (Å²) in [5.74, 6) is 0.722. The maximum absolute atomic E-state index is 13.4. The van der Waals surface area contributed by atoms with Crippen molar-refractivity contribution in [3.8, 4) is 11.5 Å². The van der Waals surface area contributed by atoms with Gasteiger partial charge in [-0.1, -0.05) is 18.2 Å². The lowest BCUT2D eigenvalue weighted by molar-refractivity contribution is -0.141. The predicted molar refractivity (Wildman–Crippen MR) is 145 cm³/mol. The van der Waals surface area contributed by atoms with Gasteiger partial charge in [0.05, 0.1) is 26.2 Å². The third-order valence-corrected chi connectivity index (χ3v) is 6.87. The molecule has 0 aromatic heterocycles. The van der Waals surface area contributed by atoms with Crippen LogP contribution in [0.5, 0.6) is 11.5 Å². The maximum atomic E-state index is 13.4.